The van der Waals surface area contributed by atoms with E-state index in [1.165, 1.54) is 30.3 Å². The zero-order valence-electron chi connectivity index (χ0n) is 14.3. The maximum atomic E-state index is 13.6. The van der Waals surface area contributed by atoms with Crippen molar-refractivity contribution in [2.45, 2.75) is 19.4 Å². The smallest absolute Gasteiger partial charge is 0.257 e. The van der Waals surface area contributed by atoms with Crippen molar-refractivity contribution in [3.8, 4) is 11.4 Å². The zero-order chi connectivity index (χ0) is 20.3. The van der Waals surface area contributed by atoms with Crippen LogP contribution in [-0.4, -0.2) is 30.9 Å². The zero-order valence-corrected chi connectivity index (χ0v) is 15.1. The number of aliphatic hydroxyl groups excluding tert-OH is 2. The summed E-state index contributed by atoms with van der Waals surface area (Å²) >= 11 is 5.64. The number of halogens is 3. The maximum Gasteiger partial charge on any atom is 0.257 e. The average Bonchev–Trinajstić information content (AvgIpc) is 3.12. The van der Waals surface area contributed by atoms with Crippen molar-refractivity contribution >= 4 is 17.5 Å². The Kier molecular flexibility index (Phi) is 5.98. The number of amides is 1. The highest BCUT2D eigenvalue weighted by Gasteiger charge is 2.25. The summed E-state index contributed by atoms with van der Waals surface area (Å²) in [5.74, 6) is -2.19. The van der Waals surface area contributed by atoms with Gasteiger partial charge in [0.1, 0.15) is 18.4 Å². The molecular weight excluding hydrogens is 394 g/mol. The summed E-state index contributed by atoms with van der Waals surface area (Å²) in [6.07, 6.45) is -1.75. The Hall–Kier alpha value is -2.88. The number of benzene rings is 2. The van der Waals surface area contributed by atoms with Crippen LogP contribution in [0.15, 0.2) is 42.5 Å². The van der Waals surface area contributed by atoms with Crippen LogP contribution in [0.2, 0.25) is 5.02 Å². The molecule has 3 N–H and O–H groups in total. The van der Waals surface area contributed by atoms with E-state index in [4.69, 9.17) is 11.6 Å². The normalized spacial score (nSPS) is 12.0. The number of aromatic nitrogens is 3. The topological polar surface area (TPSA) is 100 Å². The molecule has 0 spiro atoms. The van der Waals surface area contributed by atoms with Gasteiger partial charge >= 0.3 is 0 Å². The van der Waals surface area contributed by atoms with Gasteiger partial charge in [-0.05, 0) is 35.9 Å². The van der Waals surface area contributed by atoms with Crippen molar-refractivity contribution < 1.29 is 23.8 Å². The van der Waals surface area contributed by atoms with Gasteiger partial charge in [-0.15, -0.1) is 5.10 Å². The van der Waals surface area contributed by atoms with Gasteiger partial charge in [0.25, 0.3) is 5.91 Å². The lowest BCUT2D eigenvalue weighted by atomic mass is 10.2. The number of nitrogens with one attached hydrogen (secondary N) is 1. The molecule has 0 fully saturated rings. The molecule has 146 valence electrons. The summed E-state index contributed by atoms with van der Waals surface area (Å²) in [6, 6.07) is 9.49. The Morgan fingerprint density at radius 2 is 2.04 bits per heavy atom. The molecule has 0 bridgehead atoms. The minimum Gasteiger partial charge on any atom is -0.376 e. The second-order valence-corrected chi connectivity index (χ2v) is 6.22. The summed E-state index contributed by atoms with van der Waals surface area (Å²) in [4.78, 5) is 16.2. The van der Waals surface area contributed by atoms with Crippen LogP contribution in [-0.2, 0) is 18.1 Å². The van der Waals surface area contributed by atoms with Gasteiger partial charge in [-0.25, -0.2) is 18.4 Å². The van der Waals surface area contributed by atoms with Gasteiger partial charge in [0.05, 0.1) is 5.02 Å². The van der Waals surface area contributed by atoms with E-state index in [1.807, 2.05) is 0 Å². The fraction of sp³-hybridized carbons (Fsp3) is 0.167. The van der Waals surface area contributed by atoms with Crippen molar-refractivity contribution in [1.82, 2.24) is 20.1 Å². The first-order valence-corrected chi connectivity index (χ1v) is 8.48. The van der Waals surface area contributed by atoms with Crippen LogP contribution in [0.5, 0.6) is 0 Å². The standard InChI is InChI=1S/C18H15ClF2N4O3/c19-13-5-4-11(7-14(13)21)16-23-17(25(9-26)24-16)15(27)18(28)22-8-10-2-1-3-12(20)6-10/h1-7,15,26-27H,8-9H2,(H,22,28). The molecule has 0 saturated heterocycles. The molecule has 3 aromatic rings. The molecule has 28 heavy (non-hydrogen) atoms. The molecule has 1 amide bonds. The molecule has 7 nitrogen and oxygen atoms in total. The number of nitrogens with zero attached hydrogens (tertiary/aromatic N) is 3. The van der Waals surface area contributed by atoms with Crippen molar-refractivity contribution in [3.05, 3.63) is 70.5 Å². The van der Waals surface area contributed by atoms with Gasteiger partial charge in [0.2, 0.25) is 0 Å². The van der Waals surface area contributed by atoms with E-state index in [-0.39, 0.29) is 28.8 Å². The predicted molar refractivity (Wildman–Crippen MR) is 95.9 cm³/mol. The number of carbonyl (C=O) groups excluding carboxylic acids is 1. The van der Waals surface area contributed by atoms with Crippen LogP contribution in [0.4, 0.5) is 8.78 Å². The van der Waals surface area contributed by atoms with Crippen LogP contribution in [0, 0.1) is 11.6 Å². The fourth-order valence-electron chi connectivity index (χ4n) is 2.47. The minimum atomic E-state index is -1.75. The second kappa shape index (κ2) is 8.42. The van der Waals surface area contributed by atoms with Gasteiger partial charge in [-0.1, -0.05) is 23.7 Å². The van der Waals surface area contributed by atoms with Gasteiger partial charge < -0.3 is 15.5 Å². The predicted octanol–water partition coefficient (Wildman–Crippen LogP) is 2.18. The molecule has 0 saturated carbocycles. The first-order valence-electron chi connectivity index (χ1n) is 8.10. The van der Waals surface area contributed by atoms with E-state index in [0.29, 0.717) is 5.56 Å². The van der Waals surface area contributed by atoms with E-state index in [1.54, 1.807) is 6.07 Å². The Labute approximate surface area is 163 Å². The quantitative estimate of drug-likeness (QED) is 0.580. The molecule has 0 radical (unpaired) electrons. The van der Waals surface area contributed by atoms with Gasteiger partial charge in [-0.2, -0.15) is 0 Å². The summed E-state index contributed by atoms with van der Waals surface area (Å²) in [6.45, 7) is -0.678. The molecule has 0 aliphatic heterocycles. The molecular formula is C18H15ClF2N4O3. The lowest BCUT2D eigenvalue weighted by Crippen LogP contribution is -2.30. The van der Waals surface area contributed by atoms with Crippen LogP contribution in [0.3, 0.4) is 0 Å². The molecule has 1 atom stereocenters. The molecule has 0 aliphatic rings. The lowest BCUT2D eigenvalue weighted by molar-refractivity contribution is -0.130. The van der Waals surface area contributed by atoms with Gasteiger partial charge in [-0.3, -0.25) is 4.79 Å². The van der Waals surface area contributed by atoms with E-state index in [2.05, 4.69) is 15.4 Å². The SMILES string of the molecule is O=C(NCc1cccc(F)c1)C(O)c1nc(-c2ccc(Cl)c(F)c2)nn1CO. The Balaban J connectivity index is 1.78. The van der Waals surface area contributed by atoms with Crippen LogP contribution in [0.25, 0.3) is 11.4 Å². The highest BCUT2D eigenvalue weighted by molar-refractivity contribution is 6.30. The Bertz CT molecular complexity index is 1010. The average molecular weight is 409 g/mol. The Morgan fingerprint density at radius 3 is 2.71 bits per heavy atom. The highest BCUT2D eigenvalue weighted by Crippen LogP contribution is 2.23. The summed E-state index contributed by atoms with van der Waals surface area (Å²) in [5, 5.41) is 26.0. The molecule has 3 rings (SSSR count). The minimum absolute atomic E-state index is 0.00315. The van der Waals surface area contributed by atoms with Crippen LogP contribution in [0.1, 0.15) is 17.5 Å². The lowest BCUT2D eigenvalue weighted by Gasteiger charge is -2.11. The maximum absolute atomic E-state index is 13.6. The monoisotopic (exact) mass is 408 g/mol. The third kappa shape index (κ3) is 4.33. The highest BCUT2D eigenvalue weighted by atomic mass is 35.5. The molecule has 1 aromatic heterocycles. The van der Waals surface area contributed by atoms with E-state index in [0.717, 1.165) is 10.7 Å². The van der Waals surface area contributed by atoms with Crippen molar-refractivity contribution in [3.63, 3.8) is 0 Å². The van der Waals surface area contributed by atoms with Crippen molar-refractivity contribution in [1.29, 1.82) is 0 Å². The molecule has 2 aromatic carbocycles. The molecule has 0 aliphatic carbocycles. The first kappa shape index (κ1) is 19.9. The van der Waals surface area contributed by atoms with Crippen LogP contribution >= 0.6 is 11.6 Å². The van der Waals surface area contributed by atoms with Crippen molar-refractivity contribution in [2.24, 2.45) is 0 Å². The number of rotatable bonds is 6. The third-order valence-corrected chi connectivity index (χ3v) is 4.17. The molecule has 10 heteroatoms. The Morgan fingerprint density at radius 1 is 1.25 bits per heavy atom. The summed E-state index contributed by atoms with van der Waals surface area (Å²) in [7, 11) is 0. The van der Waals surface area contributed by atoms with Crippen molar-refractivity contribution in [2.75, 3.05) is 0 Å². The molecule has 1 unspecified atom stereocenters. The second-order valence-electron chi connectivity index (χ2n) is 5.81. The third-order valence-electron chi connectivity index (χ3n) is 3.86. The van der Waals surface area contributed by atoms with E-state index < -0.39 is 30.4 Å². The van der Waals surface area contributed by atoms with Crippen LogP contribution < -0.4 is 5.32 Å². The van der Waals surface area contributed by atoms with Gasteiger partial charge in [0, 0.05) is 12.1 Å². The number of aliphatic hydroxyl groups is 2. The summed E-state index contributed by atoms with van der Waals surface area (Å²) in [5.41, 5.74) is 0.754. The number of hydrogen-bond donors (Lipinski definition) is 3. The van der Waals surface area contributed by atoms with E-state index >= 15 is 0 Å². The largest absolute Gasteiger partial charge is 0.376 e. The molecule has 1 heterocycles. The fourth-order valence-corrected chi connectivity index (χ4v) is 2.59. The number of hydrogen-bond acceptors (Lipinski definition) is 5. The van der Waals surface area contributed by atoms with E-state index in [9.17, 15) is 23.8 Å². The number of carbonyl (C=O) groups is 1. The summed E-state index contributed by atoms with van der Waals surface area (Å²) < 4.78 is 27.7. The first-order chi connectivity index (χ1) is 13.4. The van der Waals surface area contributed by atoms with Gasteiger partial charge in [0.15, 0.2) is 17.8 Å².